The van der Waals surface area contributed by atoms with Gasteiger partial charge in [-0.2, -0.15) is 0 Å². The lowest BCUT2D eigenvalue weighted by molar-refractivity contribution is 0.00431. The van der Waals surface area contributed by atoms with Crippen molar-refractivity contribution in [1.29, 1.82) is 0 Å². The summed E-state index contributed by atoms with van der Waals surface area (Å²) < 4.78 is 30.8. The van der Waals surface area contributed by atoms with Crippen LogP contribution in [0.3, 0.4) is 0 Å². The van der Waals surface area contributed by atoms with E-state index in [-0.39, 0.29) is 40.4 Å². The van der Waals surface area contributed by atoms with Gasteiger partial charge in [-0.05, 0) is 35.4 Å². The van der Waals surface area contributed by atoms with Crippen LogP contribution in [-0.2, 0) is 0 Å². The highest BCUT2D eigenvalue weighted by molar-refractivity contribution is 9.10. The number of fused-ring (bicyclic) bond motifs is 1. The first kappa shape index (κ1) is 24.7. The Morgan fingerprint density at radius 3 is 2.44 bits per heavy atom. The summed E-state index contributed by atoms with van der Waals surface area (Å²) in [5, 5.41) is 5.72. The second-order valence-corrected chi connectivity index (χ2v) is 11.4. The van der Waals surface area contributed by atoms with Gasteiger partial charge in [0.05, 0.1) is 34.7 Å². The molecule has 1 aromatic carbocycles. The highest BCUT2D eigenvalue weighted by Gasteiger charge is 2.62. The van der Waals surface area contributed by atoms with E-state index in [0.717, 1.165) is 4.90 Å². The summed E-state index contributed by atoms with van der Waals surface area (Å²) in [4.78, 5) is 33.3. The SMILES string of the molecule is CNc1cncc(C(=O)N2C[C@H](Nc3c(N)cc(Br)cc3C(=O)N3CC4C(C3)C4(C)C)C(F)(F)C2)c1. The highest BCUT2D eigenvalue weighted by Crippen LogP contribution is 2.62. The molecule has 2 aromatic rings. The van der Waals surface area contributed by atoms with Crippen LogP contribution in [0.4, 0.5) is 25.8 Å². The summed E-state index contributed by atoms with van der Waals surface area (Å²) in [5.74, 6) is -3.10. The molecule has 3 heterocycles. The third kappa shape index (κ3) is 4.16. The van der Waals surface area contributed by atoms with Gasteiger partial charge in [0.25, 0.3) is 17.7 Å². The number of likely N-dealkylation sites (tertiary alicyclic amines) is 2. The van der Waals surface area contributed by atoms with Gasteiger partial charge in [-0.3, -0.25) is 14.6 Å². The molecule has 8 nitrogen and oxygen atoms in total. The van der Waals surface area contributed by atoms with Crippen molar-refractivity contribution in [2.45, 2.75) is 25.8 Å². The van der Waals surface area contributed by atoms with E-state index in [0.29, 0.717) is 35.1 Å². The average molecular weight is 563 g/mol. The quantitative estimate of drug-likeness (QED) is 0.479. The average Bonchev–Trinajstić information content (AvgIpc) is 3.18. The van der Waals surface area contributed by atoms with Gasteiger partial charge in [-0.15, -0.1) is 0 Å². The molecule has 3 aliphatic rings. The molecule has 3 fully saturated rings. The minimum Gasteiger partial charge on any atom is -0.397 e. The van der Waals surface area contributed by atoms with Crippen molar-refractivity contribution in [3.8, 4) is 0 Å². The smallest absolute Gasteiger partial charge is 0.286 e. The number of piperidine rings is 1. The van der Waals surface area contributed by atoms with Crippen molar-refractivity contribution in [2.24, 2.45) is 17.3 Å². The van der Waals surface area contributed by atoms with Gasteiger partial charge in [0.15, 0.2) is 0 Å². The molecular formula is C25H29BrF2N6O2. The van der Waals surface area contributed by atoms with Crippen LogP contribution in [0.5, 0.6) is 0 Å². The van der Waals surface area contributed by atoms with E-state index in [9.17, 15) is 9.59 Å². The number of pyridine rings is 1. The van der Waals surface area contributed by atoms with E-state index < -0.39 is 24.4 Å². The molecule has 0 bridgehead atoms. The molecule has 2 unspecified atom stereocenters. The van der Waals surface area contributed by atoms with Gasteiger partial charge < -0.3 is 26.2 Å². The van der Waals surface area contributed by atoms with Gasteiger partial charge >= 0.3 is 0 Å². The van der Waals surface area contributed by atoms with Crippen molar-refractivity contribution in [3.63, 3.8) is 0 Å². The van der Waals surface area contributed by atoms with Crippen molar-refractivity contribution in [3.05, 3.63) is 46.2 Å². The van der Waals surface area contributed by atoms with Crippen LogP contribution < -0.4 is 16.4 Å². The first-order valence-corrected chi connectivity index (χ1v) is 12.7. The van der Waals surface area contributed by atoms with Gasteiger partial charge in [0, 0.05) is 43.5 Å². The first-order chi connectivity index (χ1) is 16.9. The lowest BCUT2D eigenvalue weighted by Crippen LogP contribution is -2.39. The molecule has 2 aliphatic heterocycles. The first-order valence-electron chi connectivity index (χ1n) is 11.9. The minimum atomic E-state index is -3.23. The normalized spacial score (nSPS) is 25.4. The zero-order valence-electron chi connectivity index (χ0n) is 20.3. The Morgan fingerprint density at radius 2 is 1.78 bits per heavy atom. The van der Waals surface area contributed by atoms with Gasteiger partial charge in [0.1, 0.15) is 6.04 Å². The number of nitrogens with zero attached hydrogens (tertiary/aromatic N) is 3. The van der Waals surface area contributed by atoms with E-state index in [1.807, 2.05) is 0 Å². The number of hydrogen-bond donors (Lipinski definition) is 3. The Balaban J connectivity index is 1.37. The van der Waals surface area contributed by atoms with Crippen LogP contribution in [-0.4, -0.2) is 71.8 Å². The molecular weight excluding hydrogens is 534 g/mol. The van der Waals surface area contributed by atoms with Crippen LogP contribution in [0.25, 0.3) is 0 Å². The number of carbonyl (C=O) groups is 2. The number of nitrogens with two attached hydrogens (primary N) is 1. The Bertz CT molecular complexity index is 1230. The van der Waals surface area contributed by atoms with Crippen LogP contribution in [0.2, 0.25) is 0 Å². The van der Waals surface area contributed by atoms with Crippen LogP contribution in [0.15, 0.2) is 35.1 Å². The predicted molar refractivity (Wildman–Crippen MR) is 137 cm³/mol. The molecule has 1 aromatic heterocycles. The number of alkyl halides is 2. The third-order valence-corrected chi connectivity index (χ3v) is 8.43. The largest absolute Gasteiger partial charge is 0.397 e. The van der Waals surface area contributed by atoms with Crippen LogP contribution in [0.1, 0.15) is 34.6 Å². The Kier molecular flexibility index (Phi) is 5.89. The Labute approximate surface area is 216 Å². The molecule has 2 amide bonds. The fourth-order valence-corrected chi connectivity index (χ4v) is 6.04. The summed E-state index contributed by atoms with van der Waals surface area (Å²) in [7, 11) is 1.68. The molecule has 5 rings (SSSR count). The lowest BCUT2D eigenvalue weighted by Gasteiger charge is -2.26. The molecule has 1 aliphatic carbocycles. The fraction of sp³-hybridized carbons (Fsp3) is 0.480. The van der Waals surface area contributed by atoms with Gasteiger partial charge in [-0.25, -0.2) is 8.78 Å². The Hall–Kier alpha value is -2.95. The fourth-order valence-electron chi connectivity index (χ4n) is 5.57. The molecule has 36 heavy (non-hydrogen) atoms. The second kappa shape index (κ2) is 8.57. The monoisotopic (exact) mass is 562 g/mol. The number of aromatic nitrogens is 1. The summed E-state index contributed by atoms with van der Waals surface area (Å²) >= 11 is 3.37. The van der Waals surface area contributed by atoms with Crippen LogP contribution in [0, 0.1) is 17.3 Å². The maximum Gasteiger partial charge on any atom is 0.286 e. The molecule has 11 heteroatoms. The van der Waals surface area contributed by atoms with E-state index in [1.54, 1.807) is 36.3 Å². The molecule has 2 saturated heterocycles. The number of anilines is 3. The molecule has 4 N–H and O–H groups in total. The maximum atomic E-state index is 15.1. The number of hydrogen-bond acceptors (Lipinski definition) is 6. The molecule has 0 spiro atoms. The van der Waals surface area contributed by atoms with Gasteiger partial charge in [0.2, 0.25) is 0 Å². The number of rotatable bonds is 5. The topological polar surface area (TPSA) is 104 Å². The molecule has 192 valence electrons. The zero-order valence-corrected chi connectivity index (χ0v) is 21.9. The molecule has 1 saturated carbocycles. The predicted octanol–water partition coefficient (Wildman–Crippen LogP) is 3.77. The van der Waals surface area contributed by atoms with Crippen molar-refractivity contribution < 1.29 is 18.4 Å². The van der Waals surface area contributed by atoms with E-state index in [2.05, 4.69) is 45.4 Å². The second-order valence-electron chi connectivity index (χ2n) is 10.5. The van der Waals surface area contributed by atoms with E-state index in [1.165, 1.54) is 6.20 Å². The van der Waals surface area contributed by atoms with Crippen molar-refractivity contribution >= 4 is 44.8 Å². The Morgan fingerprint density at radius 1 is 1.08 bits per heavy atom. The number of nitrogen functional groups attached to an aromatic ring is 1. The zero-order chi connectivity index (χ0) is 26.0. The highest BCUT2D eigenvalue weighted by atomic mass is 79.9. The minimum absolute atomic E-state index is 0.167. The van der Waals surface area contributed by atoms with E-state index in [4.69, 9.17) is 5.73 Å². The molecule has 3 atom stereocenters. The number of amides is 2. The summed E-state index contributed by atoms with van der Waals surface area (Å²) in [5.41, 5.74) is 7.87. The van der Waals surface area contributed by atoms with Crippen molar-refractivity contribution in [1.82, 2.24) is 14.8 Å². The lowest BCUT2D eigenvalue weighted by atomic mass is 10.0. The summed E-state index contributed by atoms with van der Waals surface area (Å²) in [6.45, 7) is 4.69. The van der Waals surface area contributed by atoms with Crippen LogP contribution >= 0.6 is 15.9 Å². The molecule has 0 radical (unpaired) electrons. The maximum absolute atomic E-state index is 15.1. The third-order valence-electron chi connectivity index (χ3n) is 7.97. The standard InChI is InChI=1S/C25H29BrF2N6O2/c1-24(2)17-9-33(10-18(17)24)23(36)16-5-14(26)6-19(29)21(16)32-20-11-34(12-25(20,27)28)22(35)13-4-15(30-3)8-31-7-13/h4-8,17-18,20,30,32H,9-12,29H2,1-3H3/t17?,18?,20-/m0/s1. The number of benzene rings is 1. The van der Waals surface area contributed by atoms with Crippen molar-refractivity contribution in [2.75, 3.05) is 49.6 Å². The van der Waals surface area contributed by atoms with Gasteiger partial charge in [-0.1, -0.05) is 29.8 Å². The number of nitrogens with one attached hydrogen (secondary N) is 2. The van der Waals surface area contributed by atoms with E-state index >= 15 is 8.78 Å². The number of carbonyl (C=O) groups excluding carboxylic acids is 2. The summed E-state index contributed by atoms with van der Waals surface area (Å²) in [6.07, 6.45) is 2.90. The number of halogens is 3. The summed E-state index contributed by atoms with van der Waals surface area (Å²) in [6, 6.07) is 3.35.